The van der Waals surface area contributed by atoms with E-state index in [1.165, 1.54) is 27.3 Å². The molecule has 2 fully saturated rings. The van der Waals surface area contributed by atoms with Gasteiger partial charge in [0.05, 0.1) is 12.8 Å². The summed E-state index contributed by atoms with van der Waals surface area (Å²) in [6.45, 7) is 9.30. The maximum atomic E-state index is 11.7. The number of ether oxygens (including phenoxy) is 1. The van der Waals surface area contributed by atoms with E-state index < -0.39 is 10.0 Å². The number of rotatable bonds is 7. The van der Waals surface area contributed by atoms with E-state index in [4.69, 9.17) is 4.74 Å². The highest BCUT2D eigenvalue weighted by molar-refractivity contribution is 7.88. The number of hydrogen-bond donors (Lipinski definition) is 0. The summed E-state index contributed by atoms with van der Waals surface area (Å²) in [7, 11) is -3.14. The van der Waals surface area contributed by atoms with Gasteiger partial charge in [-0.1, -0.05) is 42.0 Å². The van der Waals surface area contributed by atoms with Crippen molar-refractivity contribution in [2.75, 3.05) is 45.5 Å². The first-order chi connectivity index (χ1) is 14.8. The predicted octanol–water partition coefficient (Wildman–Crippen LogP) is 2.73. The van der Waals surface area contributed by atoms with E-state index in [2.05, 4.69) is 53.1 Å². The van der Waals surface area contributed by atoms with Crippen LogP contribution in [0, 0.1) is 6.92 Å². The maximum Gasteiger partial charge on any atom is 0.211 e. The van der Waals surface area contributed by atoms with Crippen LogP contribution in [-0.4, -0.2) is 74.2 Å². The van der Waals surface area contributed by atoms with Gasteiger partial charge in [-0.15, -0.1) is 0 Å². The molecule has 4 rings (SSSR count). The molecular formula is C24H33N3O3S. The van der Waals surface area contributed by atoms with Gasteiger partial charge >= 0.3 is 0 Å². The lowest BCUT2D eigenvalue weighted by molar-refractivity contribution is 0.122. The molecule has 2 aliphatic rings. The summed E-state index contributed by atoms with van der Waals surface area (Å²) in [5.74, 6) is 0.829. The summed E-state index contributed by atoms with van der Waals surface area (Å²) in [6, 6.07) is 17.1. The Labute approximate surface area is 186 Å². The average Bonchev–Trinajstić information content (AvgIpc) is 3.21. The van der Waals surface area contributed by atoms with Crippen LogP contribution in [0.3, 0.4) is 0 Å². The fraction of sp³-hybridized carbons (Fsp3) is 0.500. The molecule has 0 spiro atoms. The molecule has 0 saturated carbocycles. The van der Waals surface area contributed by atoms with E-state index >= 15 is 0 Å². The smallest absolute Gasteiger partial charge is 0.211 e. The van der Waals surface area contributed by atoms with Crippen molar-refractivity contribution in [2.24, 2.45) is 0 Å². The molecule has 2 aromatic carbocycles. The van der Waals surface area contributed by atoms with Gasteiger partial charge < -0.3 is 4.74 Å². The van der Waals surface area contributed by atoms with Crippen molar-refractivity contribution in [3.8, 4) is 5.75 Å². The summed E-state index contributed by atoms with van der Waals surface area (Å²) >= 11 is 0. The van der Waals surface area contributed by atoms with E-state index in [-0.39, 0.29) is 6.10 Å². The van der Waals surface area contributed by atoms with Crippen LogP contribution in [-0.2, 0) is 23.1 Å². The zero-order valence-corrected chi connectivity index (χ0v) is 19.4. The van der Waals surface area contributed by atoms with E-state index in [1.54, 1.807) is 0 Å². The second kappa shape index (κ2) is 9.69. The van der Waals surface area contributed by atoms with Gasteiger partial charge in [0.1, 0.15) is 11.9 Å². The van der Waals surface area contributed by atoms with Crippen LogP contribution < -0.4 is 4.74 Å². The van der Waals surface area contributed by atoms with Crippen LogP contribution in [0.4, 0.5) is 0 Å². The Morgan fingerprint density at radius 1 is 0.903 bits per heavy atom. The molecule has 1 unspecified atom stereocenters. The molecule has 7 heteroatoms. The highest BCUT2D eigenvalue weighted by atomic mass is 32.2. The fourth-order valence-corrected chi connectivity index (χ4v) is 5.19. The van der Waals surface area contributed by atoms with Crippen LogP contribution in [0.2, 0.25) is 0 Å². The van der Waals surface area contributed by atoms with E-state index in [0.717, 1.165) is 51.4 Å². The summed E-state index contributed by atoms with van der Waals surface area (Å²) in [5.41, 5.74) is 3.92. The predicted molar refractivity (Wildman–Crippen MR) is 124 cm³/mol. The Morgan fingerprint density at radius 3 is 2.16 bits per heavy atom. The second-order valence-corrected chi connectivity index (χ2v) is 10.8. The van der Waals surface area contributed by atoms with Crippen molar-refractivity contribution >= 4 is 10.0 Å². The maximum absolute atomic E-state index is 11.7. The zero-order valence-electron chi connectivity index (χ0n) is 18.5. The Morgan fingerprint density at radius 2 is 1.55 bits per heavy atom. The number of sulfonamides is 1. The fourth-order valence-electron chi connectivity index (χ4n) is 4.32. The topological polar surface area (TPSA) is 53.1 Å². The molecule has 0 radical (unpaired) electrons. The van der Waals surface area contributed by atoms with Gasteiger partial charge in [-0.3, -0.25) is 9.80 Å². The Kier molecular flexibility index (Phi) is 6.96. The first-order valence-corrected chi connectivity index (χ1v) is 12.9. The number of nitrogens with zero attached hydrogens (tertiary/aromatic N) is 3. The minimum Gasteiger partial charge on any atom is -0.489 e. The van der Waals surface area contributed by atoms with Crippen LogP contribution in [0.5, 0.6) is 5.75 Å². The third-order valence-corrected chi connectivity index (χ3v) is 7.45. The van der Waals surface area contributed by atoms with E-state index in [1.807, 2.05) is 12.1 Å². The third-order valence-electron chi connectivity index (χ3n) is 6.18. The number of aryl methyl sites for hydroxylation is 1. The summed E-state index contributed by atoms with van der Waals surface area (Å²) in [5, 5.41) is 0. The third kappa shape index (κ3) is 6.29. The number of hydrogen-bond acceptors (Lipinski definition) is 5. The summed E-state index contributed by atoms with van der Waals surface area (Å²) < 4.78 is 31.0. The number of benzene rings is 2. The molecule has 168 valence electrons. The molecular weight excluding hydrogens is 410 g/mol. The van der Waals surface area contributed by atoms with Gasteiger partial charge in [0.25, 0.3) is 0 Å². The first kappa shape index (κ1) is 22.3. The summed E-state index contributed by atoms with van der Waals surface area (Å²) in [6.07, 6.45) is 1.92. The molecule has 2 aliphatic heterocycles. The SMILES string of the molecule is Cc1ccc(CN2CCN(Cc3cccc(OC4CCN(S(C)(=O)=O)C4)c3)CC2)cc1. The quantitative estimate of drug-likeness (QED) is 0.659. The van der Waals surface area contributed by atoms with E-state index in [9.17, 15) is 8.42 Å². The molecule has 2 aromatic rings. The molecule has 0 aromatic heterocycles. The standard InChI is InChI=1S/C24H33N3O3S/c1-20-6-8-21(9-7-20)17-25-12-14-26(15-13-25)18-22-4-3-5-23(16-22)30-24-10-11-27(19-24)31(2,28)29/h3-9,16,24H,10-15,17-19H2,1-2H3. The minimum absolute atomic E-state index is 0.0738. The molecule has 0 bridgehead atoms. The molecule has 2 heterocycles. The highest BCUT2D eigenvalue weighted by Gasteiger charge is 2.29. The molecule has 6 nitrogen and oxygen atoms in total. The van der Waals surface area contributed by atoms with Gasteiger partial charge in [-0.05, 0) is 36.6 Å². The van der Waals surface area contributed by atoms with Crippen LogP contribution in [0.25, 0.3) is 0 Å². The van der Waals surface area contributed by atoms with E-state index in [0.29, 0.717) is 13.1 Å². The van der Waals surface area contributed by atoms with Crippen molar-refractivity contribution in [1.82, 2.24) is 14.1 Å². The van der Waals surface area contributed by atoms with Crippen molar-refractivity contribution in [3.05, 3.63) is 65.2 Å². The van der Waals surface area contributed by atoms with Gasteiger partial charge in [0, 0.05) is 45.8 Å². The molecule has 31 heavy (non-hydrogen) atoms. The van der Waals surface area contributed by atoms with Gasteiger partial charge in [0.2, 0.25) is 10.0 Å². The summed E-state index contributed by atoms with van der Waals surface area (Å²) in [4.78, 5) is 5.01. The molecule has 2 saturated heterocycles. The molecule has 1 atom stereocenters. The zero-order chi connectivity index (χ0) is 21.8. The van der Waals surface area contributed by atoms with Crippen LogP contribution in [0.15, 0.2) is 48.5 Å². The lowest BCUT2D eigenvalue weighted by Gasteiger charge is -2.34. The molecule has 0 amide bonds. The van der Waals surface area contributed by atoms with Crippen LogP contribution in [0.1, 0.15) is 23.1 Å². The first-order valence-electron chi connectivity index (χ1n) is 11.1. The van der Waals surface area contributed by atoms with Crippen LogP contribution >= 0.6 is 0 Å². The normalized spacial score (nSPS) is 21.4. The lowest BCUT2D eigenvalue weighted by Crippen LogP contribution is -2.45. The Balaban J connectivity index is 1.25. The molecule has 0 N–H and O–H groups in total. The Hall–Kier alpha value is -1.93. The van der Waals surface area contributed by atoms with Gasteiger partial charge in [0.15, 0.2) is 0 Å². The molecule has 0 aliphatic carbocycles. The second-order valence-electron chi connectivity index (χ2n) is 8.83. The Bertz CT molecular complexity index is 970. The highest BCUT2D eigenvalue weighted by Crippen LogP contribution is 2.22. The van der Waals surface area contributed by atoms with Crippen molar-refractivity contribution in [2.45, 2.75) is 32.5 Å². The average molecular weight is 444 g/mol. The van der Waals surface area contributed by atoms with Crippen molar-refractivity contribution in [1.29, 1.82) is 0 Å². The lowest BCUT2D eigenvalue weighted by atomic mass is 10.1. The largest absolute Gasteiger partial charge is 0.489 e. The van der Waals surface area contributed by atoms with Gasteiger partial charge in [-0.25, -0.2) is 8.42 Å². The van der Waals surface area contributed by atoms with Crippen molar-refractivity contribution < 1.29 is 13.2 Å². The van der Waals surface area contributed by atoms with Gasteiger partial charge in [-0.2, -0.15) is 4.31 Å². The number of piperazine rings is 1. The van der Waals surface area contributed by atoms with Crippen molar-refractivity contribution in [3.63, 3.8) is 0 Å². The minimum atomic E-state index is -3.14. The monoisotopic (exact) mass is 443 g/mol.